The number of benzene rings is 1. The lowest BCUT2D eigenvalue weighted by molar-refractivity contribution is 0.874. The van der Waals surface area contributed by atoms with Crippen molar-refractivity contribution in [1.82, 2.24) is 15.0 Å². The molecule has 0 bridgehead atoms. The van der Waals surface area contributed by atoms with Gasteiger partial charge in [0.25, 0.3) is 0 Å². The van der Waals surface area contributed by atoms with E-state index in [2.05, 4.69) is 61.4 Å². The number of hydrogen-bond donors (Lipinski definition) is 2. The van der Waals surface area contributed by atoms with E-state index in [1.54, 1.807) is 6.20 Å². The summed E-state index contributed by atoms with van der Waals surface area (Å²) in [6.07, 6.45) is 1.77. The summed E-state index contributed by atoms with van der Waals surface area (Å²) in [6.45, 7) is 4.79. The minimum absolute atomic E-state index is 0.245. The topological polar surface area (TPSA) is 62.7 Å². The summed E-state index contributed by atoms with van der Waals surface area (Å²) in [4.78, 5) is 13.5. The molecule has 0 saturated carbocycles. The lowest BCUT2D eigenvalue weighted by Crippen LogP contribution is -2.14. The van der Waals surface area contributed by atoms with E-state index in [0.717, 1.165) is 21.7 Å². The minimum atomic E-state index is 0.245. The number of aromatic nitrogens is 3. The lowest BCUT2D eigenvalue weighted by Gasteiger charge is -2.13. The molecular formula is C19H20BrN5. The van der Waals surface area contributed by atoms with Gasteiger partial charge in [-0.05, 0) is 37.6 Å². The maximum atomic E-state index is 4.58. The molecule has 0 atom stereocenters. The van der Waals surface area contributed by atoms with Crippen LogP contribution in [0.25, 0.3) is 11.4 Å². The molecular weight excluding hydrogens is 378 g/mol. The third-order valence-corrected chi connectivity index (χ3v) is 4.26. The van der Waals surface area contributed by atoms with Crippen molar-refractivity contribution in [2.45, 2.75) is 26.4 Å². The zero-order valence-electron chi connectivity index (χ0n) is 14.2. The van der Waals surface area contributed by atoms with Gasteiger partial charge >= 0.3 is 0 Å². The largest absolute Gasteiger partial charge is 0.366 e. The smallest absolute Gasteiger partial charge is 0.225 e. The highest BCUT2D eigenvalue weighted by molar-refractivity contribution is 9.10. The first kappa shape index (κ1) is 17.4. The molecule has 2 heterocycles. The lowest BCUT2D eigenvalue weighted by atomic mass is 10.2. The van der Waals surface area contributed by atoms with Crippen molar-refractivity contribution in [3.63, 3.8) is 0 Å². The minimum Gasteiger partial charge on any atom is -0.366 e. The average molecular weight is 398 g/mol. The fraction of sp³-hybridized carbons (Fsp3) is 0.211. The maximum absolute atomic E-state index is 4.58. The van der Waals surface area contributed by atoms with Gasteiger partial charge in [-0.2, -0.15) is 4.98 Å². The second kappa shape index (κ2) is 8.07. The van der Waals surface area contributed by atoms with Gasteiger partial charge in [-0.15, -0.1) is 0 Å². The molecule has 0 aliphatic rings. The second-order valence-corrected chi connectivity index (χ2v) is 6.78. The molecule has 128 valence electrons. The van der Waals surface area contributed by atoms with Crippen LogP contribution < -0.4 is 10.6 Å². The van der Waals surface area contributed by atoms with E-state index in [-0.39, 0.29) is 6.04 Å². The fourth-order valence-electron chi connectivity index (χ4n) is 2.33. The van der Waals surface area contributed by atoms with Gasteiger partial charge < -0.3 is 10.6 Å². The Kier molecular flexibility index (Phi) is 5.60. The van der Waals surface area contributed by atoms with E-state index in [1.807, 2.05) is 42.5 Å². The van der Waals surface area contributed by atoms with Crippen LogP contribution in [0.3, 0.4) is 0 Å². The van der Waals surface area contributed by atoms with Gasteiger partial charge in [0.1, 0.15) is 5.82 Å². The van der Waals surface area contributed by atoms with E-state index < -0.39 is 0 Å². The zero-order chi connectivity index (χ0) is 17.6. The summed E-state index contributed by atoms with van der Waals surface area (Å²) >= 11 is 3.57. The van der Waals surface area contributed by atoms with Crippen molar-refractivity contribution in [1.29, 1.82) is 0 Å². The number of nitrogens with one attached hydrogen (secondary N) is 2. The molecule has 0 aliphatic carbocycles. The predicted octanol–water partition coefficient (Wildman–Crippen LogP) is 4.73. The standard InChI is InChI=1S/C19H20BrN5/c1-13(2)23-19-24-17(16-9-5-6-10-21-16)11-18(25-19)22-12-14-7-3-4-8-15(14)20/h3-11,13H,12H2,1-2H3,(H2,22,23,24,25). The second-order valence-electron chi connectivity index (χ2n) is 5.92. The normalized spacial score (nSPS) is 10.7. The molecule has 0 spiro atoms. The summed E-state index contributed by atoms with van der Waals surface area (Å²) in [5, 5.41) is 6.64. The molecule has 25 heavy (non-hydrogen) atoms. The summed E-state index contributed by atoms with van der Waals surface area (Å²) in [5.74, 6) is 1.35. The Morgan fingerprint density at radius 1 is 1.00 bits per heavy atom. The number of rotatable bonds is 6. The monoisotopic (exact) mass is 397 g/mol. The average Bonchev–Trinajstić information content (AvgIpc) is 2.61. The van der Waals surface area contributed by atoms with E-state index in [9.17, 15) is 0 Å². The van der Waals surface area contributed by atoms with Gasteiger partial charge in [0, 0.05) is 29.3 Å². The first-order valence-electron chi connectivity index (χ1n) is 8.16. The van der Waals surface area contributed by atoms with Gasteiger partial charge in [-0.25, -0.2) is 4.98 Å². The van der Waals surface area contributed by atoms with Gasteiger partial charge in [0.15, 0.2) is 0 Å². The Balaban J connectivity index is 1.88. The Morgan fingerprint density at radius 3 is 2.52 bits per heavy atom. The third kappa shape index (κ3) is 4.76. The van der Waals surface area contributed by atoms with E-state index in [1.165, 1.54) is 5.56 Å². The van der Waals surface area contributed by atoms with Crippen molar-refractivity contribution in [3.05, 3.63) is 64.8 Å². The molecule has 2 aromatic heterocycles. The molecule has 5 nitrogen and oxygen atoms in total. The van der Waals surface area contributed by atoms with Crippen molar-refractivity contribution in [3.8, 4) is 11.4 Å². The Morgan fingerprint density at radius 2 is 1.80 bits per heavy atom. The molecule has 6 heteroatoms. The SMILES string of the molecule is CC(C)Nc1nc(NCc2ccccc2Br)cc(-c2ccccn2)n1. The number of pyridine rings is 1. The van der Waals surface area contributed by atoms with Crippen LogP contribution in [0.4, 0.5) is 11.8 Å². The van der Waals surface area contributed by atoms with Crippen molar-refractivity contribution in [2.24, 2.45) is 0 Å². The fourth-order valence-corrected chi connectivity index (χ4v) is 2.76. The van der Waals surface area contributed by atoms with Crippen LogP contribution in [-0.2, 0) is 6.54 Å². The molecule has 1 aromatic carbocycles. The highest BCUT2D eigenvalue weighted by Gasteiger charge is 2.09. The number of hydrogen-bond acceptors (Lipinski definition) is 5. The molecule has 0 unspecified atom stereocenters. The van der Waals surface area contributed by atoms with Crippen LogP contribution in [0.15, 0.2) is 59.2 Å². The van der Waals surface area contributed by atoms with Crippen molar-refractivity contribution >= 4 is 27.7 Å². The molecule has 2 N–H and O–H groups in total. The highest BCUT2D eigenvalue weighted by Crippen LogP contribution is 2.22. The van der Waals surface area contributed by atoms with Crippen LogP contribution in [-0.4, -0.2) is 21.0 Å². The summed E-state index contributed by atoms with van der Waals surface area (Å²) < 4.78 is 1.07. The first-order valence-corrected chi connectivity index (χ1v) is 8.95. The number of nitrogens with zero attached hydrogens (tertiary/aromatic N) is 3. The molecule has 3 aromatic rings. The molecule has 3 rings (SSSR count). The Bertz CT molecular complexity index is 836. The molecule has 0 saturated heterocycles. The molecule has 0 amide bonds. The maximum Gasteiger partial charge on any atom is 0.225 e. The third-order valence-electron chi connectivity index (χ3n) is 3.49. The van der Waals surface area contributed by atoms with Crippen LogP contribution in [0.2, 0.25) is 0 Å². The van der Waals surface area contributed by atoms with Gasteiger partial charge in [-0.1, -0.05) is 40.2 Å². The first-order chi connectivity index (χ1) is 12.1. The number of halogens is 1. The van der Waals surface area contributed by atoms with Gasteiger partial charge in [-0.3, -0.25) is 4.98 Å². The van der Waals surface area contributed by atoms with Gasteiger partial charge in [0.05, 0.1) is 11.4 Å². The van der Waals surface area contributed by atoms with Gasteiger partial charge in [0.2, 0.25) is 5.95 Å². The van der Waals surface area contributed by atoms with E-state index in [4.69, 9.17) is 0 Å². The quantitative estimate of drug-likeness (QED) is 0.629. The summed E-state index contributed by atoms with van der Waals surface area (Å²) in [6, 6.07) is 16.1. The number of anilines is 2. The van der Waals surface area contributed by atoms with Crippen molar-refractivity contribution < 1.29 is 0 Å². The Hall–Kier alpha value is -2.47. The van der Waals surface area contributed by atoms with Crippen molar-refractivity contribution in [2.75, 3.05) is 10.6 Å². The van der Waals surface area contributed by atoms with E-state index in [0.29, 0.717) is 12.5 Å². The molecule has 0 fully saturated rings. The molecule has 0 aliphatic heterocycles. The van der Waals surface area contributed by atoms with Crippen LogP contribution >= 0.6 is 15.9 Å². The highest BCUT2D eigenvalue weighted by atomic mass is 79.9. The summed E-state index contributed by atoms with van der Waals surface area (Å²) in [7, 11) is 0. The van der Waals surface area contributed by atoms with Crippen LogP contribution in [0, 0.1) is 0 Å². The Labute approximate surface area is 156 Å². The van der Waals surface area contributed by atoms with Crippen LogP contribution in [0.1, 0.15) is 19.4 Å². The van der Waals surface area contributed by atoms with E-state index >= 15 is 0 Å². The van der Waals surface area contributed by atoms with Crippen LogP contribution in [0.5, 0.6) is 0 Å². The summed E-state index contributed by atoms with van der Waals surface area (Å²) in [5.41, 5.74) is 2.77. The predicted molar refractivity (Wildman–Crippen MR) is 105 cm³/mol. The molecule has 0 radical (unpaired) electrons. The zero-order valence-corrected chi connectivity index (χ0v) is 15.8.